The summed E-state index contributed by atoms with van der Waals surface area (Å²) < 4.78 is 0. The van der Waals surface area contributed by atoms with E-state index in [4.69, 9.17) is 9.78 Å². The van der Waals surface area contributed by atoms with Crippen LogP contribution in [0.15, 0.2) is 42.5 Å². The Labute approximate surface area is 155 Å². The zero-order chi connectivity index (χ0) is 17.2. The Balaban J connectivity index is 0.00000225. The summed E-state index contributed by atoms with van der Waals surface area (Å²) in [6.07, 6.45) is -0.582. The van der Waals surface area contributed by atoms with Crippen LogP contribution in [-0.2, 0) is 23.5 Å². The van der Waals surface area contributed by atoms with Crippen LogP contribution in [0.3, 0.4) is 0 Å². The summed E-state index contributed by atoms with van der Waals surface area (Å²) in [6, 6.07) is 14.2. The van der Waals surface area contributed by atoms with Crippen molar-refractivity contribution in [2.75, 3.05) is 6.54 Å². The number of nitrogens with one attached hydrogen (secondary N) is 1. The van der Waals surface area contributed by atoms with Crippen LogP contribution in [0.25, 0.3) is 0 Å². The van der Waals surface area contributed by atoms with Crippen molar-refractivity contribution in [1.82, 2.24) is 5.32 Å². The van der Waals surface area contributed by atoms with Crippen LogP contribution >= 0.6 is 12.4 Å². The molecule has 25 heavy (non-hydrogen) atoms. The molecule has 0 spiro atoms. The lowest BCUT2D eigenvalue weighted by Gasteiger charge is -2.23. The lowest BCUT2D eigenvalue weighted by atomic mass is 9.84. The van der Waals surface area contributed by atoms with E-state index in [9.17, 15) is 5.11 Å². The molecule has 0 radical (unpaired) electrons. The summed E-state index contributed by atoms with van der Waals surface area (Å²) in [5.74, 6) is 0.699. The number of halogens is 1. The first-order valence-corrected chi connectivity index (χ1v) is 8.34. The number of fused-ring (bicyclic) bond motifs is 1. The average molecular weight is 364 g/mol. The summed E-state index contributed by atoms with van der Waals surface area (Å²) in [7, 11) is 0. The van der Waals surface area contributed by atoms with Crippen LogP contribution in [0.2, 0.25) is 0 Å². The Bertz CT molecular complexity index is 712. The second-order valence-electron chi connectivity index (χ2n) is 7.27. The Morgan fingerprint density at radius 2 is 1.92 bits per heavy atom. The van der Waals surface area contributed by atoms with Crippen molar-refractivity contribution in [3.05, 3.63) is 64.7 Å². The molecule has 1 aliphatic rings. The Kier molecular flexibility index (Phi) is 6.47. The maximum absolute atomic E-state index is 10.4. The van der Waals surface area contributed by atoms with E-state index in [0.29, 0.717) is 18.9 Å². The van der Waals surface area contributed by atoms with Gasteiger partial charge in [-0.2, -0.15) is 4.89 Å². The highest BCUT2D eigenvalue weighted by Crippen LogP contribution is 2.29. The quantitative estimate of drug-likeness (QED) is 0.787. The summed E-state index contributed by atoms with van der Waals surface area (Å²) in [5.41, 5.74) is 4.54. The summed E-state index contributed by atoms with van der Waals surface area (Å²) in [4.78, 5) is 10.0. The van der Waals surface area contributed by atoms with Gasteiger partial charge in [0, 0.05) is 18.7 Å². The number of hydrogen-bond acceptors (Lipinski definition) is 4. The summed E-state index contributed by atoms with van der Waals surface area (Å²) in [6.45, 7) is 8.33. The van der Waals surface area contributed by atoms with Crippen molar-refractivity contribution in [1.29, 1.82) is 0 Å². The maximum Gasteiger partial charge on any atom is 0.171 e. The van der Waals surface area contributed by atoms with Crippen LogP contribution in [0.4, 0.5) is 0 Å². The van der Waals surface area contributed by atoms with Crippen molar-refractivity contribution >= 4 is 12.4 Å². The molecule has 0 saturated carbocycles. The number of hydrogen-bond donors (Lipinski definition) is 2. The zero-order valence-corrected chi connectivity index (χ0v) is 15.7. The van der Waals surface area contributed by atoms with Crippen molar-refractivity contribution in [3.63, 3.8) is 0 Å². The van der Waals surface area contributed by atoms with E-state index in [1.54, 1.807) is 0 Å². The van der Waals surface area contributed by atoms with Gasteiger partial charge in [0.05, 0.1) is 6.10 Å². The van der Waals surface area contributed by atoms with E-state index in [-0.39, 0.29) is 17.8 Å². The van der Waals surface area contributed by atoms with Gasteiger partial charge in [0.25, 0.3) is 0 Å². The first-order chi connectivity index (χ1) is 11.4. The normalized spacial score (nSPS) is 14.4. The van der Waals surface area contributed by atoms with Gasteiger partial charge in [-0.1, -0.05) is 57.2 Å². The summed E-state index contributed by atoms with van der Waals surface area (Å²) in [5, 5.41) is 13.8. The molecule has 3 rings (SSSR count). The molecule has 1 heterocycles. The highest BCUT2D eigenvalue weighted by Gasteiger charge is 2.18. The third-order valence-electron chi connectivity index (χ3n) is 4.32. The molecule has 136 valence electrons. The van der Waals surface area contributed by atoms with Gasteiger partial charge < -0.3 is 15.3 Å². The number of aliphatic hydroxyl groups excluding tert-OH is 1. The standard InChI is InChI=1S/C20H25NO3.ClH/c1-20(2,3)17-7-5-4-6-15(17)11-21-12-18(22)14-8-9-16-13-23-24-19(16)10-14;/h4-10,18,21-22H,11-13H2,1-3H3;1H. The lowest BCUT2D eigenvalue weighted by Crippen LogP contribution is -2.23. The molecule has 2 N–H and O–H groups in total. The van der Waals surface area contributed by atoms with Crippen LogP contribution in [0.1, 0.15) is 49.1 Å². The summed E-state index contributed by atoms with van der Waals surface area (Å²) >= 11 is 0. The predicted octanol–water partition coefficient (Wildman–Crippen LogP) is 4.05. The van der Waals surface area contributed by atoms with Crippen molar-refractivity contribution in [2.24, 2.45) is 0 Å². The molecule has 1 unspecified atom stereocenters. The Hall–Kier alpha value is -1.59. The molecule has 0 bridgehead atoms. The highest BCUT2D eigenvalue weighted by molar-refractivity contribution is 5.85. The lowest BCUT2D eigenvalue weighted by molar-refractivity contribution is -0.194. The molecule has 4 nitrogen and oxygen atoms in total. The maximum atomic E-state index is 10.4. The topological polar surface area (TPSA) is 50.7 Å². The molecule has 0 amide bonds. The van der Waals surface area contributed by atoms with E-state index < -0.39 is 6.10 Å². The zero-order valence-electron chi connectivity index (χ0n) is 14.9. The van der Waals surface area contributed by atoms with Gasteiger partial charge in [-0.05, 0) is 28.2 Å². The third kappa shape index (κ3) is 4.73. The van der Waals surface area contributed by atoms with Gasteiger partial charge in [-0.3, -0.25) is 0 Å². The van der Waals surface area contributed by atoms with Gasteiger partial charge in [-0.25, -0.2) is 0 Å². The fourth-order valence-corrected chi connectivity index (χ4v) is 3.00. The molecule has 0 fully saturated rings. The fraction of sp³-hybridized carbons (Fsp3) is 0.400. The fourth-order valence-electron chi connectivity index (χ4n) is 3.00. The van der Waals surface area contributed by atoms with Gasteiger partial charge in [-0.15, -0.1) is 12.4 Å². The Morgan fingerprint density at radius 3 is 2.68 bits per heavy atom. The monoisotopic (exact) mass is 363 g/mol. The largest absolute Gasteiger partial charge is 0.387 e. The molecule has 0 aliphatic carbocycles. The number of rotatable bonds is 5. The van der Waals surface area contributed by atoms with E-state index in [2.05, 4.69) is 50.4 Å². The van der Waals surface area contributed by atoms with E-state index >= 15 is 0 Å². The SMILES string of the molecule is CC(C)(C)c1ccccc1CNCC(O)c1ccc2c(c1)OOC2.Cl. The molecule has 0 aromatic heterocycles. The molecule has 1 aliphatic heterocycles. The second-order valence-corrected chi connectivity index (χ2v) is 7.27. The minimum atomic E-state index is -0.582. The molecular weight excluding hydrogens is 338 g/mol. The van der Waals surface area contributed by atoms with Gasteiger partial charge in [0.1, 0.15) is 6.61 Å². The molecule has 5 heteroatoms. The van der Waals surface area contributed by atoms with Crippen LogP contribution < -0.4 is 10.2 Å². The second kappa shape index (κ2) is 8.19. The molecule has 2 aromatic carbocycles. The molecule has 1 atom stereocenters. The minimum Gasteiger partial charge on any atom is -0.387 e. The van der Waals surface area contributed by atoms with E-state index in [1.165, 1.54) is 11.1 Å². The minimum absolute atomic E-state index is 0. The Morgan fingerprint density at radius 1 is 1.16 bits per heavy atom. The number of aliphatic hydroxyl groups is 1. The van der Waals surface area contributed by atoms with Crippen molar-refractivity contribution in [3.8, 4) is 5.75 Å². The van der Waals surface area contributed by atoms with Gasteiger partial charge in [0.15, 0.2) is 5.75 Å². The highest BCUT2D eigenvalue weighted by atomic mass is 35.5. The van der Waals surface area contributed by atoms with Gasteiger partial charge >= 0.3 is 0 Å². The molecule has 0 saturated heterocycles. The van der Waals surface area contributed by atoms with Crippen molar-refractivity contribution in [2.45, 2.75) is 45.4 Å². The van der Waals surface area contributed by atoms with Crippen molar-refractivity contribution < 1.29 is 14.9 Å². The number of benzene rings is 2. The van der Waals surface area contributed by atoms with Crippen LogP contribution in [-0.4, -0.2) is 11.7 Å². The van der Waals surface area contributed by atoms with Crippen LogP contribution in [0, 0.1) is 0 Å². The smallest absolute Gasteiger partial charge is 0.171 e. The predicted molar refractivity (Wildman–Crippen MR) is 101 cm³/mol. The first kappa shape index (κ1) is 19.7. The van der Waals surface area contributed by atoms with E-state index in [0.717, 1.165) is 17.7 Å². The third-order valence-corrected chi connectivity index (χ3v) is 4.32. The average Bonchev–Trinajstić information content (AvgIpc) is 3.01. The van der Waals surface area contributed by atoms with Crippen LogP contribution in [0.5, 0.6) is 5.75 Å². The molecular formula is C20H26ClNO3. The first-order valence-electron chi connectivity index (χ1n) is 8.34. The van der Waals surface area contributed by atoms with E-state index in [1.807, 2.05) is 18.2 Å². The van der Waals surface area contributed by atoms with Gasteiger partial charge in [0.2, 0.25) is 0 Å². The molecule has 2 aromatic rings.